The predicted molar refractivity (Wildman–Crippen MR) is 96.0 cm³/mol. The lowest BCUT2D eigenvalue weighted by atomic mass is 10.2. The third-order valence-electron chi connectivity index (χ3n) is 4.14. The molecule has 6 heteroatoms. The number of rotatable bonds is 5. The van der Waals surface area contributed by atoms with Gasteiger partial charge in [0.1, 0.15) is 17.0 Å². The van der Waals surface area contributed by atoms with Gasteiger partial charge in [-0.15, -0.1) is 11.8 Å². The van der Waals surface area contributed by atoms with Crippen molar-refractivity contribution in [3.8, 4) is 0 Å². The number of benzene rings is 2. The highest BCUT2D eigenvalue weighted by Gasteiger charge is 2.30. The molecule has 1 aliphatic heterocycles. The minimum atomic E-state index is -0.274. The first-order chi connectivity index (χ1) is 12.0. The van der Waals surface area contributed by atoms with Crippen LogP contribution in [0.1, 0.15) is 16.5 Å². The number of likely N-dealkylation sites (N-methyl/N-ethyl adjacent to an activating group) is 1. The number of halogens is 2. The van der Waals surface area contributed by atoms with E-state index in [2.05, 4.69) is 0 Å². The van der Waals surface area contributed by atoms with Crippen molar-refractivity contribution in [1.29, 1.82) is 0 Å². The lowest BCUT2D eigenvalue weighted by Crippen LogP contribution is -2.38. The van der Waals surface area contributed by atoms with Gasteiger partial charge >= 0.3 is 0 Å². The number of thioether (sulfide) groups is 1. The first-order valence-electron chi connectivity index (χ1n) is 8.12. The third kappa shape index (κ3) is 4.58. The molecule has 0 aliphatic carbocycles. The maximum Gasteiger partial charge on any atom is 0.237 e. The number of nitrogens with zero attached hydrogens (tertiary/aromatic N) is 2. The second-order valence-corrected chi connectivity index (χ2v) is 7.35. The van der Waals surface area contributed by atoms with Crippen LogP contribution in [0.15, 0.2) is 48.5 Å². The van der Waals surface area contributed by atoms with Crippen LogP contribution < -0.4 is 0 Å². The maximum absolute atomic E-state index is 13.1. The molecule has 0 bridgehead atoms. The zero-order chi connectivity index (χ0) is 17.8. The van der Waals surface area contributed by atoms with Crippen LogP contribution in [0.4, 0.5) is 8.78 Å². The van der Waals surface area contributed by atoms with E-state index in [0.29, 0.717) is 13.1 Å². The van der Waals surface area contributed by atoms with E-state index < -0.39 is 0 Å². The van der Waals surface area contributed by atoms with Gasteiger partial charge in [0.25, 0.3) is 0 Å². The number of hydrogen-bond acceptors (Lipinski definition) is 3. The van der Waals surface area contributed by atoms with Crippen LogP contribution in [-0.4, -0.2) is 41.6 Å². The van der Waals surface area contributed by atoms with Crippen molar-refractivity contribution in [3.63, 3.8) is 0 Å². The minimum Gasteiger partial charge on any atom is -0.325 e. The molecule has 1 amide bonds. The first-order valence-corrected chi connectivity index (χ1v) is 9.17. The largest absolute Gasteiger partial charge is 0.325 e. The highest BCUT2D eigenvalue weighted by molar-refractivity contribution is 7.99. The van der Waals surface area contributed by atoms with Crippen LogP contribution in [0.3, 0.4) is 0 Å². The molecular formula is C19H20F2N2OS. The summed E-state index contributed by atoms with van der Waals surface area (Å²) in [6.45, 7) is 1.56. The Balaban J connectivity index is 1.61. The minimum absolute atomic E-state index is 0.0453. The summed E-state index contributed by atoms with van der Waals surface area (Å²) in [5.74, 6) is 0.376. The summed E-state index contributed by atoms with van der Waals surface area (Å²) >= 11 is 1.69. The third-order valence-corrected chi connectivity index (χ3v) is 5.40. The molecule has 3 rings (SSSR count). The van der Waals surface area contributed by atoms with Gasteiger partial charge in [-0.2, -0.15) is 0 Å². The smallest absolute Gasteiger partial charge is 0.237 e. The van der Waals surface area contributed by atoms with Gasteiger partial charge in [-0.05, 0) is 42.4 Å². The number of carbonyl (C=O) groups excluding carboxylic acids is 1. The van der Waals surface area contributed by atoms with E-state index in [9.17, 15) is 13.6 Å². The number of hydrogen-bond donors (Lipinski definition) is 0. The summed E-state index contributed by atoms with van der Waals surface area (Å²) in [6, 6.07) is 12.6. The molecule has 0 radical (unpaired) electrons. The molecule has 0 saturated carbocycles. The van der Waals surface area contributed by atoms with Crippen LogP contribution in [0.5, 0.6) is 0 Å². The van der Waals surface area contributed by atoms with E-state index in [0.717, 1.165) is 16.9 Å². The summed E-state index contributed by atoms with van der Waals surface area (Å²) in [4.78, 5) is 16.5. The number of amides is 1. The molecule has 0 aromatic heterocycles. The Hall–Kier alpha value is -1.92. The molecule has 1 fully saturated rings. The summed E-state index contributed by atoms with van der Waals surface area (Å²) in [5, 5.41) is -0.0627. The maximum atomic E-state index is 13.1. The Kier molecular flexibility index (Phi) is 5.71. The van der Waals surface area contributed by atoms with Crippen molar-refractivity contribution in [2.75, 3.05) is 25.9 Å². The van der Waals surface area contributed by atoms with Crippen LogP contribution in [-0.2, 0) is 11.3 Å². The molecule has 0 spiro atoms. The lowest BCUT2D eigenvalue weighted by molar-refractivity contribution is -0.132. The predicted octanol–water partition coefficient (Wildman–Crippen LogP) is 3.67. The van der Waals surface area contributed by atoms with E-state index in [1.54, 1.807) is 36.0 Å². The van der Waals surface area contributed by atoms with Gasteiger partial charge in [-0.1, -0.05) is 24.3 Å². The molecule has 1 atom stereocenters. The second kappa shape index (κ2) is 7.97. The van der Waals surface area contributed by atoms with Crippen molar-refractivity contribution < 1.29 is 13.6 Å². The Morgan fingerprint density at radius 2 is 1.72 bits per heavy atom. The fourth-order valence-electron chi connectivity index (χ4n) is 2.91. The van der Waals surface area contributed by atoms with Crippen LogP contribution >= 0.6 is 11.8 Å². The van der Waals surface area contributed by atoms with Crippen LogP contribution in [0, 0.1) is 11.6 Å². The Labute approximate surface area is 150 Å². The summed E-state index contributed by atoms with van der Waals surface area (Å²) in [6.07, 6.45) is 0. The quantitative estimate of drug-likeness (QED) is 0.811. The summed E-state index contributed by atoms with van der Waals surface area (Å²) in [7, 11) is 1.87. The molecule has 25 heavy (non-hydrogen) atoms. The summed E-state index contributed by atoms with van der Waals surface area (Å²) in [5.41, 5.74) is 1.90. The van der Waals surface area contributed by atoms with Gasteiger partial charge in [-0.25, -0.2) is 8.78 Å². The molecule has 1 unspecified atom stereocenters. The normalized spacial score (nSPS) is 17.3. The van der Waals surface area contributed by atoms with Gasteiger partial charge in [0, 0.05) is 18.8 Å². The first kappa shape index (κ1) is 17.9. The molecule has 2 aromatic carbocycles. The van der Waals surface area contributed by atoms with Crippen LogP contribution in [0.2, 0.25) is 0 Å². The van der Waals surface area contributed by atoms with Crippen molar-refractivity contribution in [2.45, 2.75) is 11.9 Å². The molecular weight excluding hydrogens is 342 g/mol. The molecule has 132 valence electrons. The highest BCUT2D eigenvalue weighted by atomic mass is 32.2. The van der Waals surface area contributed by atoms with Crippen molar-refractivity contribution >= 4 is 17.7 Å². The van der Waals surface area contributed by atoms with Crippen molar-refractivity contribution in [2.24, 2.45) is 0 Å². The molecule has 1 aliphatic rings. The van der Waals surface area contributed by atoms with Gasteiger partial charge in [0.2, 0.25) is 5.91 Å². The van der Waals surface area contributed by atoms with E-state index in [1.165, 1.54) is 24.3 Å². The average Bonchev–Trinajstić information content (AvgIpc) is 3.07. The molecule has 1 saturated heterocycles. The van der Waals surface area contributed by atoms with Gasteiger partial charge in [0.15, 0.2) is 0 Å². The van der Waals surface area contributed by atoms with Gasteiger partial charge in [0.05, 0.1) is 6.54 Å². The molecule has 3 nitrogen and oxygen atoms in total. The molecule has 0 N–H and O–H groups in total. The Morgan fingerprint density at radius 3 is 2.36 bits per heavy atom. The molecule has 1 heterocycles. The topological polar surface area (TPSA) is 23.6 Å². The summed E-state index contributed by atoms with van der Waals surface area (Å²) < 4.78 is 26.1. The fourth-order valence-corrected chi connectivity index (χ4v) is 4.19. The lowest BCUT2D eigenvalue weighted by Gasteiger charge is -2.26. The zero-order valence-electron chi connectivity index (χ0n) is 14.0. The average molecular weight is 362 g/mol. The van der Waals surface area contributed by atoms with Crippen molar-refractivity contribution in [3.05, 3.63) is 71.3 Å². The van der Waals surface area contributed by atoms with Gasteiger partial charge < -0.3 is 4.90 Å². The highest BCUT2D eigenvalue weighted by Crippen LogP contribution is 2.37. The standard InChI is InChI=1S/C19H20F2N2OS/c1-22(12-14-2-6-16(20)7-3-14)13-18(24)23-10-11-25-19(23)15-4-8-17(21)9-5-15/h2-9,19H,10-13H2,1H3. The zero-order valence-corrected chi connectivity index (χ0v) is 14.8. The van der Waals surface area contributed by atoms with E-state index in [4.69, 9.17) is 0 Å². The van der Waals surface area contributed by atoms with Crippen LogP contribution in [0.25, 0.3) is 0 Å². The molecule has 2 aromatic rings. The number of carbonyl (C=O) groups is 1. The van der Waals surface area contributed by atoms with Crippen molar-refractivity contribution in [1.82, 2.24) is 9.80 Å². The Bertz CT molecular complexity index is 721. The second-order valence-electron chi connectivity index (χ2n) is 6.16. The fraction of sp³-hybridized carbons (Fsp3) is 0.316. The van der Waals surface area contributed by atoms with E-state index >= 15 is 0 Å². The van der Waals surface area contributed by atoms with E-state index in [1.807, 2.05) is 16.8 Å². The monoisotopic (exact) mass is 362 g/mol. The Morgan fingerprint density at radius 1 is 1.12 bits per heavy atom. The SMILES string of the molecule is CN(CC(=O)N1CCSC1c1ccc(F)cc1)Cc1ccc(F)cc1. The van der Waals surface area contributed by atoms with Gasteiger partial charge in [-0.3, -0.25) is 9.69 Å². The van der Waals surface area contributed by atoms with E-state index in [-0.39, 0.29) is 29.5 Å².